The van der Waals surface area contributed by atoms with Crippen molar-refractivity contribution in [2.24, 2.45) is 0 Å². The molecule has 4 heteroatoms. The highest BCUT2D eigenvalue weighted by Crippen LogP contribution is 2.13. The predicted octanol–water partition coefficient (Wildman–Crippen LogP) is 3.40. The number of hydrogen-bond donors (Lipinski definition) is 0. The van der Waals surface area contributed by atoms with E-state index < -0.39 is 0 Å². The summed E-state index contributed by atoms with van der Waals surface area (Å²) in [4.78, 5) is 3.93. The highest BCUT2D eigenvalue weighted by Gasteiger charge is 2.10. The summed E-state index contributed by atoms with van der Waals surface area (Å²) in [5.41, 5.74) is 1.73. The number of halogens is 1. The van der Waals surface area contributed by atoms with E-state index in [1.165, 1.54) is 6.07 Å². The number of pyridine rings is 1. The van der Waals surface area contributed by atoms with Gasteiger partial charge in [-0.1, -0.05) is 27.1 Å². The van der Waals surface area contributed by atoms with Crippen molar-refractivity contribution in [2.75, 3.05) is 0 Å². The van der Waals surface area contributed by atoms with Gasteiger partial charge in [-0.15, -0.1) is 0 Å². The number of rotatable bonds is 4. The van der Waals surface area contributed by atoms with Crippen LogP contribution in [-0.2, 0) is 6.61 Å². The third kappa shape index (κ3) is 4.09. The zero-order chi connectivity index (χ0) is 13.0. The van der Waals surface area contributed by atoms with E-state index >= 15 is 0 Å². The zero-order valence-electron chi connectivity index (χ0n) is 10.6. The SMILES string of the molecule is C.CB(C)c1ccc(OCc2ccncc2)cc1F. The Morgan fingerprint density at radius 3 is 2.42 bits per heavy atom. The summed E-state index contributed by atoms with van der Waals surface area (Å²) in [6.07, 6.45) is 3.42. The Morgan fingerprint density at radius 1 is 1.16 bits per heavy atom. The third-order valence-corrected chi connectivity index (χ3v) is 2.75. The number of nitrogens with zero attached hydrogens (tertiary/aromatic N) is 1. The van der Waals surface area contributed by atoms with Crippen LogP contribution in [-0.4, -0.2) is 11.7 Å². The van der Waals surface area contributed by atoms with Crippen LogP contribution in [0.25, 0.3) is 0 Å². The third-order valence-electron chi connectivity index (χ3n) is 2.75. The van der Waals surface area contributed by atoms with E-state index in [1.807, 2.05) is 25.8 Å². The van der Waals surface area contributed by atoms with E-state index in [9.17, 15) is 4.39 Å². The van der Waals surface area contributed by atoms with Gasteiger partial charge in [0.1, 0.15) is 18.2 Å². The molecule has 0 aliphatic rings. The molecule has 2 rings (SSSR count). The number of benzene rings is 1. The van der Waals surface area contributed by atoms with E-state index in [4.69, 9.17) is 4.74 Å². The van der Waals surface area contributed by atoms with Crippen LogP contribution in [0.3, 0.4) is 0 Å². The van der Waals surface area contributed by atoms with E-state index in [2.05, 4.69) is 4.98 Å². The highest BCUT2D eigenvalue weighted by atomic mass is 19.1. The summed E-state index contributed by atoms with van der Waals surface area (Å²) in [5.74, 6) is 0.339. The topological polar surface area (TPSA) is 22.1 Å². The van der Waals surface area contributed by atoms with Crippen molar-refractivity contribution in [2.45, 2.75) is 27.7 Å². The Balaban J connectivity index is 0.00000180. The van der Waals surface area contributed by atoms with Gasteiger partial charge >= 0.3 is 0 Å². The first-order valence-electron chi connectivity index (χ1n) is 5.98. The van der Waals surface area contributed by atoms with Crippen LogP contribution in [0.4, 0.5) is 4.39 Å². The summed E-state index contributed by atoms with van der Waals surface area (Å²) in [5, 5.41) is 0. The minimum Gasteiger partial charge on any atom is -0.489 e. The molecule has 1 heterocycles. The number of aromatic nitrogens is 1. The fraction of sp³-hybridized carbons (Fsp3) is 0.267. The molecule has 1 aromatic heterocycles. The van der Waals surface area contributed by atoms with Gasteiger partial charge in [0.05, 0.1) is 0 Å². The van der Waals surface area contributed by atoms with Crippen LogP contribution in [0.15, 0.2) is 42.7 Å². The smallest absolute Gasteiger partial charge is 0.173 e. The average molecular weight is 259 g/mol. The molecular formula is C15H19BFNO. The fourth-order valence-corrected chi connectivity index (χ4v) is 1.71. The lowest BCUT2D eigenvalue weighted by Crippen LogP contribution is -2.25. The molecule has 0 spiro atoms. The summed E-state index contributed by atoms with van der Waals surface area (Å²) >= 11 is 0. The van der Waals surface area contributed by atoms with Crippen LogP contribution in [0, 0.1) is 5.82 Å². The second-order valence-electron chi connectivity index (χ2n) is 4.48. The minimum absolute atomic E-state index is 0. The molecule has 0 saturated carbocycles. The molecule has 19 heavy (non-hydrogen) atoms. The maximum Gasteiger partial charge on any atom is 0.173 e. The maximum absolute atomic E-state index is 13.7. The maximum atomic E-state index is 13.7. The molecular weight excluding hydrogens is 240 g/mol. The predicted molar refractivity (Wildman–Crippen MR) is 78.8 cm³/mol. The van der Waals surface area contributed by atoms with Crippen molar-refractivity contribution in [3.8, 4) is 5.75 Å². The first kappa shape index (κ1) is 15.2. The largest absolute Gasteiger partial charge is 0.489 e. The van der Waals surface area contributed by atoms with E-state index in [1.54, 1.807) is 24.5 Å². The van der Waals surface area contributed by atoms with Gasteiger partial charge in [0.2, 0.25) is 0 Å². The Morgan fingerprint density at radius 2 is 1.84 bits per heavy atom. The molecule has 100 valence electrons. The van der Waals surface area contributed by atoms with Crippen molar-refractivity contribution < 1.29 is 9.13 Å². The fourth-order valence-electron chi connectivity index (χ4n) is 1.71. The van der Waals surface area contributed by atoms with E-state index in [0.29, 0.717) is 17.8 Å². The molecule has 2 aromatic rings. The lowest BCUT2D eigenvalue weighted by Gasteiger charge is -2.09. The lowest BCUT2D eigenvalue weighted by molar-refractivity contribution is 0.304. The molecule has 0 fully saturated rings. The average Bonchev–Trinajstić information content (AvgIpc) is 2.37. The second-order valence-corrected chi connectivity index (χ2v) is 4.48. The van der Waals surface area contributed by atoms with Gasteiger partial charge in [0.25, 0.3) is 0 Å². The van der Waals surface area contributed by atoms with Gasteiger partial charge in [-0.25, -0.2) is 4.39 Å². The first-order chi connectivity index (χ1) is 8.66. The van der Waals surface area contributed by atoms with Gasteiger partial charge in [-0.05, 0) is 29.2 Å². The monoisotopic (exact) mass is 259 g/mol. The summed E-state index contributed by atoms with van der Waals surface area (Å²) < 4.78 is 19.3. The number of hydrogen-bond acceptors (Lipinski definition) is 2. The standard InChI is InChI=1S/C14H15BFNO.CH4/c1-15(2)13-4-3-12(9-14(13)16)18-10-11-5-7-17-8-6-11;/h3-9H,10H2,1-2H3;1H4. The van der Waals surface area contributed by atoms with Gasteiger partial charge < -0.3 is 4.74 Å². The quantitative estimate of drug-likeness (QED) is 0.785. The van der Waals surface area contributed by atoms with Crippen molar-refractivity contribution in [1.82, 2.24) is 4.98 Å². The summed E-state index contributed by atoms with van der Waals surface area (Å²) in [6.45, 7) is 4.54. The Bertz CT molecular complexity index is 517. The lowest BCUT2D eigenvalue weighted by atomic mass is 9.49. The highest BCUT2D eigenvalue weighted by molar-refractivity contribution is 6.70. The number of ether oxygens (including phenoxy) is 1. The van der Waals surface area contributed by atoms with Crippen LogP contribution in [0.2, 0.25) is 13.6 Å². The summed E-state index contributed by atoms with van der Waals surface area (Å²) in [6, 6.07) is 8.77. The molecule has 0 unspecified atom stereocenters. The molecule has 0 atom stereocenters. The summed E-state index contributed by atoms with van der Waals surface area (Å²) in [7, 11) is 0. The molecule has 1 aromatic carbocycles. The molecule has 0 amide bonds. The van der Waals surface area contributed by atoms with Crippen LogP contribution in [0.5, 0.6) is 5.75 Å². The van der Waals surface area contributed by atoms with Crippen molar-refractivity contribution in [1.29, 1.82) is 0 Å². The van der Waals surface area contributed by atoms with Crippen LogP contribution in [0.1, 0.15) is 13.0 Å². The van der Waals surface area contributed by atoms with E-state index in [-0.39, 0.29) is 20.0 Å². The van der Waals surface area contributed by atoms with Crippen molar-refractivity contribution in [3.63, 3.8) is 0 Å². The van der Waals surface area contributed by atoms with Gasteiger partial charge in [0.15, 0.2) is 6.71 Å². The minimum atomic E-state index is -0.211. The van der Waals surface area contributed by atoms with Gasteiger partial charge in [-0.3, -0.25) is 4.98 Å². The molecule has 0 saturated heterocycles. The Hall–Kier alpha value is -1.84. The second kappa shape index (κ2) is 6.93. The van der Waals surface area contributed by atoms with Gasteiger partial charge in [0, 0.05) is 18.5 Å². The molecule has 0 bridgehead atoms. The Kier molecular flexibility index (Phi) is 5.55. The first-order valence-corrected chi connectivity index (χ1v) is 5.98. The van der Waals surface area contributed by atoms with Crippen molar-refractivity contribution >= 4 is 12.2 Å². The van der Waals surface area contributed by atoms with Crippen LogP contribution >= 0.6 is 0 Å². The zero-order valence-corrected chi connectivity index (χ0v) is 10.6. The molecule has 0 aliphatic heterocycles. The molecule has 0 radical (unpaired) electrons. The Labute approximate surface area is 114 Å². The molecule has 0 aliphatic carbocycles. The molecule has 2 nitrogen and oxygen atoms in total. The van der Waals surface area contributed by atoms with Crippen LogP contribution < -0.4 is 10.2 Å². The van der Waals surface area contributed by atoms with E-state index in [0.717, 1.165) is 5.56 Å². The molecule has 0 N–H and O–H groups in total. The van der Waals surface area contributed by atoms with Crippen molar-refractivity contribution in [3.05, 3.63) is 54.1 Å². The van der Waals surface area contributed by atoms with Gasteiger partial charge in [-0.2, -0.15) is 0 Å². The normalized spacial score (nSPS) is 9.63.